The van der Waals surface area contributed by atoms with Crippen molar-refractivity contribution in [3.8, 4) is 34.5 Å². The Balaban J connectivity index is 1.31. The summed E-state index contributed by atoms with van der Waals surface area (Å²) in [5.41, 5.74) is 1.29. The summed E-state index contributed by atoms with van der Waals surface area (Å²) < 4.78 is 68.4. The fourth-order valence-corrected chi connectivity index (χ4v) is 4.37. The van der Waals surface area contributed by atoms with Crippen molar-refractivity contribution in [1.82, 2.24) is 34.1 Å². The fraction of sp³-hybridized carbons (Fsp3) is 0.269. The highest BCUT2D eigenvalue weighted by atomic mass is 19.4. The third-order valence-electron chi connectivity index (χ3n) is 6.40. The number of halogens is 4. The van der Waals surface area contributed by atoms with Crippen molar-refractivity contribution in [2.75, 3.05) is 7.11 Å². The van der Waals surface area contributed by atoms with Crippen molar-refractivity contribution in [3.05, 3.63) is 71.8 Å². The van der Waals surface area contributed by atoms with Crippen LogP contribution in [0.1, 0.15) is 35.7 Å². The van der Waals surface area contributed by atoms with Crippen LogP contribution in [0.15, 0.2) is 49.1 Å². The molecule has 0 radical (unpaired) electrons. The molecule has 6 rings (SSSR count). The molecule has 1 aliphatic carbocycles. The molecular weight excluding hydrogens is 518 g/mol. The number of benzene rings is 1. The lowest BCUT2D eigenvalue weighted by molar-refractivity contribution is -0.140. The molecule has 39 heavy (non-hydrogen) atoms. The predicted molar refractivity (Wildman–Crippen MR) is 130 cm³/mol. The molecule has 1 fully saturated rings. The number of rotatable bonds is 7. The molecule has 4 heterocycles. The van der Waals surface area contributed by atoms with Gasteiger partial charge in [0.25, 0.3) is 0 Å². The molecule has 0 bridgehead atoms. The number of fused-ring (bicyclic) bond motifs is 1. The molecule has 0 N–H and O–H groups in total. The van der Waals surface area contributed by atoms with Gasteiger partial charge in [-0.2, -0.15) is 18.2 Å². The van der Waals surface area contributed by atoms with E-state index in [1.165, 1.54) is 32.6 Å². The van der Waals surface area contributed by atoms with Gasteiger partial charge in [0.05, 0.1) is 18.4 Å². The van der Waals surface area contributed by atoms with Crippen LogP contribution in [0.5, 0.6) is 11.8 Å². The Morgan fingerprint density at radius 1 is 1.08 bits per heavy atom. The SMILES string of the molecule is COc1ncnc(C2CC2)c1-c1nc(OCc2ccc(-c3nc(C(F)(F)F)cn3C)c(F)c2)c2cccn2n1. The fourth-order valence-electron chi connectivity index (χ4n) is 4.37. The van der Waals surface area contributed by atoms with Gasteiger partial charge in [-0.25, -0.2) is 23.9 Å². The highest BCUT2D eigenvalue weighted by Gasteiger charge is 2.35. The molecular formula is C26H21F4N7O2. The van der Waals surface area contributed by atoms with Crippen molar-refractivity contribution in [2.24, 2.45) is 7.05 Å². The van der Waals surface area contributed by atoms with Crippen molar-refractivity contribution < 1.29 is 27.0 Å². The molecule has 0 spiro atoms. The largest absolute Gasteiger partial charge is 0.480 e. The van der Waals surface area contributed by atoms with E-state index in [0.717, 1.165) is 29.3 Å². The zero-order valence-electron chi connectivity index (χ0n) is 20.8. The van der Waals surface area contributed by atoms with Crippen LogP contribution in [-0.2, 0) is 19.8 Å². The minimum Gasteiger partial charge on any atom is -0.480 e. The third-order valence-corrected chi connectivity index (χ3v) is 6.40. The van der Waals surface area contributed by atoms with E-state index in [0.29, 0.717) is 28.3 Å². The van der Waals surface area contributed by atoms with Gasteiger partial charge in [-0.05, 0) is 42.7 Å². The van der Waals surface area contributed by atoms with E-state index in [9.17, 15) is 17.6 Å². The maximum absolute atomic E-state index is 15.0. The Kier molecular flexibility index (Phi) is 5.92. The highest BCUT2D eigenvalue weighted by Crippen LogP contribution is 2.45. The molecule has 0 amide bonds. The number of ether oxygens (including phenoxy) is 2. The third kappa shape index (κ3) is 4.64. The average Bonchev–Trinajstić information content (AvgIpc) is 3.51. The molecule has 0 aliphatic heterocycles. The Morgan fingerprint density at radius 2 is 1.90 bits per heavy atom. The number of methoxy groups -OCH3 is 1. The molecule has 1 aromatic carbocycles. The van der Waals surface area contributed by atoms with Crippen LogP contribution in [0.4, 0.5) is 17.6 Å². The number of nitrogens with zero attached hydrogens (tertiary/aromatic N) is 7. The van der Waals surface area contributed by atoms with Gasteiger partial charge in [-0.1, -0.05) is 6.07 Å². The monoisotopic (exact) mass is 539 g/mol. The number of hydrogen-bond donors (Lipinski definition) is 0. The maximum atomic E-state index is 15.0. The summed E-state index contributed by atoms with van der Waals surface area (Å²) in [6.07, 6.45) is 1.39. The Hall–Kier alpha value is -4.55. The zero-order valence-corrected chi connectivity index (χ0v) is 20.8. The quantitative estimate of drug-likeness (QED) is 0.262. The molecule has 0 saturated heterocycles. The van der Waals surface area contributed by atoms with E-state index < -0.39 is 17.7 Å². The van der Waals surface area contributed by atoms with Crippen molar-refractivity contribution in [2.45, 2.75) is 31.5 Å². The summed E-state index contributed by atoms with van der Waals surface area (Å²) >= 11 is 0. The van der Waals surface area contributed by atoms with Gasteiger partial charge < -0.3 is 14.0 Å². The molecule has 13 heteroatoms. The standard InChI is InChI=1S/C26H21F4N7O2/c1-36-11-19(26(28,29)30)33-23(36)16-8-5-14(10-17(16)27)12-39-24-18-4-3-9-37(18)35-22(34-24)20-21(15-6-7-15)31-13-32-25(20)38-2/h3-5,8-11,13,15H,6-7,12H2,1-2H3. The van der Waals surface area contributed by atoms with E-state index in [4.69, 9.17) is 9.47 Å². The molecule has 4 aromatic heterocycles. The Bertz CT molecular complexity index is 1690. The minimum absolute atomic E-state index is 0.0548. The maximum Gasteiger partial charge on any atom is 0.434 e. The molecule has 1 saturated carbocycles. The van der Waals surface area contributed by atoms with Crippen LogP contribution in [0, 0.1) is 5.82 Å². The summed E-state index contributed by atoms with van der Waals surface area (Å²) in [4.78, 5) is 16.9. The first-order valence-electron chi connectivity index (χ1n) is 12.0. The Morgan fingerprint density at radius 3 is 2.59 bits per heavy atom. The molecule has 1 aliphatic rings. The number of hydrogen-bond acceptors (Lipinski definition) is 7. The second-order valence-corrected chi connectivity index (χ2v) is 9.16. The van der Waals surface area contributed by atoms with Gasteiger partial charge in [0, 0.05) is 25.4 Å². The van der Waals surface area contributed by atoms with Crippen molar-refractivity contribution in [3.63, 3.8) is 0 Å². The summed E-state index contributed by atoms with van der Waals surface area (Å²) in [5.74, 6) is 0.344. The van der Waals surface area contributed by atoms with Crippen molar-refractivity contribution in [1.29, 1.82) is 0 Å². The van der Waals surface area contributed by atoms with Crippen LogP contribution < -0.4 is 9.47 Å². The van der Waals surface area contributed by atoms with Gasteiger partial charge in [-0.15, -0.1) is 5.10 Å². The van der Waals surface area contributed by atoms with E-state index in [2.05, 4.69) is 25.0 Å². The molecule has 5 aromatic rings. The molecule has 0 unspecified atom stereocenters. The van der Waals surface area contributed by atoms with Crippen LogP contribution in [0.25, 0.3) is 28.3 Å². The normalized spacial score (nSPS) is 13.7. The lowest BCUT2D eigenvalue weighted by Gasteiger charge is -2.13. The van der Waals surface area contributed by atoms with Crippen LogP contribution in [-0.4, -0.2) is 41.2 Å². The van der Waals surface area contributed by atoms with Gasteiger partial charge in [0.2, 0.25) is 11.8 Å². The lowest BCUT2D eigenvalue weighted by atomic mass is 10.1. The van der Waals surface area contributed by atoms with E-state index in [1.54, 1.807) is 28.9 Å². The van der Waals surface area contributed by atoms with E-state index in [1.807, 2.05) is 0 Å². The molecule has 0 atom stereocenters. The zero-order chi connectivity index (χ0) is 27.3. The average molecular weight is 539 g/mol. The number of imidazole rings is 1. The summed E-state index contributed by atoms with van der Waals surface area (Å²) in [7, 11) is 2.89. The Labute approximate surface area is 219 Å². The van der Waals surface area contributed by atoms with Crippen LogP contribution in [0.3, 0.4) is 0 Å². The summed E-state index contributed by atoms with van der Waals surface area (Å²) in [6, 6.07) is 7.72. The van der Waals surface area contributed by atoms with E-state index >= 15 is 0 Å². The van der Waals surface area contributed by atoms with Gasteiger partial charge in [0.1, 0.15) is 35.7 Å². The smallest absolute Gasteiger partial charge is 0.434 e. The summed E-state index contributed by atoms with van der Waals surface area (Å²) in [5, 5.41) is 4.60. The second kappa shape index (κ2) is 9.33. The first-order chi connectivity index (χ1) is 18.7. The first-order valence-corrected chi connectivity index (χ1v) is 12.0. The van der Waals surface area contributed by atoms with Crippen LogP contribution >= 0.6 is 0 Å². The van der Waals surface area contributed by atoms with Crippen LogP contribution in [0.2, 0.25) is 0 Å². The number of alkyl halides is 3. The minimum atomic E-state index is -4.63. The topological polar surface area (TPSA) is 92.3 Å². The summed E-state index contributed by atoms with van der Waals surface area (Å²) in [6.45, 7) is -0.0548. The second-order valence-electron chi connectivity index (χ2n) is 9.16. The predicted octanol–water partition coefficient (Wildman–Crippen LogP) is 5.21. The number of aromatic nitrogens is 7. The number of aryl methyl sites for hydroxylation is 1. The van der Waals surface area contributed by atoms with E-state index in [-0.39, 0.29) is 29.8 Å². The molecule has 200 valence electrons. The van der Waals surface area contributed by atoms with Gasteiger partial charge in [-0.3, -0.25) is 0 Å². The van der Waals surface area contributed by atoms with Gasteiger partial charge >= 0.3 is 6.18 Å². The molecule has 9 nitrogen and oxygen atoms in total. The van der Waals surface area contributed by atoms with Crippen molar-refractivity contribution >= 4 is 5.52 Å². The lowest BCUT2D eigenvalue weighted by Crippen LogP contribution is -2.07. The van der Waals surface area contributed by atoms with Gasteiger partial charge in [0.15, 0.2) is 11.5 Å². The highest BCUT2D eigenvalue weighted by molar-refractivity contribution is 5.68. The first kappa shape index (κ1) is 24.8.